The predicted octanol–water partition coefficient (Wildman–Crippen LogP) is 1.72. The summed E-state index contributed by atoms with van der Waals surface area (Å²) in [5.41, 5.74) is 2.71. The van der Waals surface area contributed by atoms with Crippen molar-refractivity contribution in [3.63, 3.8) is 0 Å². The third-order valence-corrected chi connectivity index (χ3v) is 4.94. The number of fused-ring (bicyclic) bond motifs is 3. The van der Waals surface area contributed by atoms with Crippen LogP contribution in [0.3, 0.4) is 0 Å². The van der Waals surface area contributed by atoms with Gasteiger partial charge in [-0.3, -0.25) is 9.20 Å². The Morgan fingerprint density at radius 1 is 1.29 bits per heavy atom. The highest BCUT2D eigenvalue weighted by atomic mass is 16.1. The van der Waals surface area contributed by atoms with Gasteiger partial charge in [0, 0.05) is 11.1 Å². The van der Waals surface area contributed by atoms with Crippen LogP contribution in [-0.2, 0) is 5.41 Å². The minimum absolute atomic E-state index is 0.158. The molecule has 0 unspecified atom stereocenters. The van der Waals surface area contributed by atoms with Gasteiger partial charge in [0.15, 0.2) is 5.65 Å². The Labute approximate surface area is 120 Å². The molecule has 1 N–H and O–H groups in total. The lowest BCUT2D eigenvalue weighted by atomic mass is 10.00. The van der Waals surface area contributed by atoms with Crippen molar-refractivity contribution in [2.75, 3.05) is 0 Å². The van der Waals surface area contributed by atoms with Crippen molar-refractivity contribution in [2.24, 2.45) is 5.92 Å². The van der Waals surface area contributed by atoms with Gasteiger partial charge in [0.2, 0.25) is 5.65 Å². The molecule has 0 aromatic carbocycles. The summed E-state index contributed by atoms with van der Waals surface area (Å²) in [6, 6.07) is 3.96. The van der Waals surface area contributed by atoms with Crippen molar-refractivity contribution >= 4 is 16.8 Å². The summed E-state index contributed by atoms with van der Waals surface area (Å²) in [6.07, 6.45) is 4.86. The minimum Gasteiger partial charge on any atom is -0.302 e. The van der Waals surface area contributed by atoms with Crippen molar-refractivity contribution in [3.05, 3.63) is 34.0 Å². The Morgan fingerprint density at radius 2 is 2.10 bits per heavy atom. The Balaban J connectivity index is 1.92. The zero-order chi connectivity index (χ0) is 14.2. The number of hydrogen-bond donors (Lipinski definition) is 1. The third-order valence-electron chi connectivity index (χ3n) is 4.94. The molecule has 2 fully saturated rings. The maximum Gasteiger partial charge on any atom is 0.295 e. The van der Waals surface area contributed by atoms with E-state index in [9.17, 15) is 4.79 Å². The van der Waals surface area contributed by atoms with E-state index in [0.717, 1.165) is 35.8 Å². The smallest absolute Gasteiger partial charge is 0.295 e. The zero-order valence-electron chi connectivity index (χ0n) is 11.8. The van der Waals surface area contributed by atoms with Crippen LogP contribution in [0.4, 0.5) is 0 Å². The Kier molecular flexibility index (Phi) is 1.90. The number of nitrogens with one attached hydrogen (secondary N) is 1. The number of hydrogen-bond acceptors (Lipinski definition) is 4. The number of aryl methyl sites for hydroxylation is 1. The van der Waals surface area contributed by atoms with Crippen LogP contribution in [0.15, 0.2) is 16.9 Å². The third kappa shape index (κ3) is 1.42. The van der Waals surface area contributed by atoms with Crippen LogP contribution in [0.1, 0.15) is 37.2 Å². The van der Waals surface area contributed by atoms with Gasteiger partial charge < -0.3 is 4.98 Å². The van der Waals surface area contributed by atoms with Crippen molar-refractivity contribution in [3.8, 4) is 0 Å². The molecule has 2 saturated carbocycles. The van der Waals surface area contributed by atoms with Crippen LogP contribution in [-0.4, -0.2) is 24.6 Å². The van der Waals surface area contributed by atoms with E-state index in [2.05, 4.69) is 20.2 Å². The molecule has 0 aliphatic heterocycles. The van der Waals surface area contributed by atoms with Crippen molar-refractivity contribution in [1.29, 1.82) is 0 Å². The fraction of sp³-hybridized carbons (Fsp3) is 0.467. The molecule has 5 rings (SSSR count). The van der Waals surface area contributed by atoms with Gasteiger partial charge in [0.05, 0.1) is 5.52 Å². The molecule has 106 valence electrons. The highest BCUT2D eigenvalue weighted by Crippen LogP contribution is 2.61. The molecule has 6 heteroatoms. The van der Waals surface area contributed by atoms with Gasteiger partial charge in [0.1, 0.15) is 5.82 Å². The molecule has 0 saturated heterocycles. The lowest BCUT2D eigenvalue weighted by Gasteiger charge is -2.13. The van der Waals surface area contributed by atoms with E-state index in [4.69, 9.17) is 0 Å². The second-order valence-corrected chi connectivity index (χ2v) is 6.39. The molecular weight excluding hydrogens is 266 g/mol. The molecule has 2 aliphatic rings. The molecule has 0 radical (unpaired) electrons. The van der Waals surface area contributed by atoms with E-state index in [0.29, 0.717) is 11.3 Å². The highest BCUT2D eigenvalue weighted by molar-refractivity contribution is 5.74. The standard InChI is InChI=1S/C15H15N5O/c1-8-2-5-10-11(16-8)17-13(21)12-18-19-14(20(10)12)15(6-7-15)9-3-4-9/h2,5,9H,3-4,6-7H2,1H3,(H,16,17,21). The van der Waals surface area contributed by atoms with E-state index < -0.39 is 0 Å². The molecule has 0 amide bonds. The average molecular weight is 281 g/mol. The lowest BCUT2D eigenvalue weighted by Crippen LogP contribution is -2.18. The second-order valence-electron chi connectivity index (χ2n) is 6.39. The first kappa shape index (κ1) is 11.4. The fourth-order valence-corrected chi connectivity index (χ4v) is 3.55. The number of aromatic amines is 1. The topological polar surface area (TPSA) is 75.9 Å². The van der Waals surface area contributed by atoms with Crippen LogP contribution < -0.4 is 5.56 Å². The van der Waals surface area contributed by atoms with Gasteiger partial charge in [0.25, 0.3) is 5.56 Å². The average Bonchev–Trinajstić information content (AvgIpc) is 3.35. The van der Waals surface area contributed by atoms with Crippen molar-refractivity contribution < 1.29 is 0 Å². The van der Waals surface area contributed by atoms with Crippen LogP contribution in [0.2, 0.25) is 0 Å². The summed E-state index contributed by atoms with van der Waals surface area (Å²) in [4.78, 5) is 19.5. The van der Waals surface area contributed by atoms with Gasteiger partial charge in [-0.05, 0) is 50.7 Å². The van der Waals surface area contributed by atoms with Gasteiger partial charge in [-0.1, -0.05) is 0 Å². The van der Waals surface area contributed by atoms with Crippen molar-refractivity contribution in [1.82, 2.24) is 24.6 Å². The summed E-state index contributed by atoms with van der Waals surface area (Å²) < 4.78 is 1.94. The van der Waals surface area contributed by atoms with E-state index >= 15 is 0 Å². The highest BCUT2D eigenvalue weighted by Gasteiger charge is 2.58. The first-order chi connectivity index (χ1) is 10.2. The maximum atomic E-state index is 12.2. The van der Waals surface area contributed by atoms with Crippen molar-refractivity contribution in [2.45, 2.75) is 38.0 Å². The van der Waals surface area contributed by atoms with Crippen LogP contribution in [0, 0.1) is 12.8 Å². The first-order valence-corrected chi connectivity index (χ1v) is 7.44. The summed E-state index contributed by atoms with van der Waals surface area (Å²) in [5, 5.41) is 8.54. The number of rotatable bonds is 2. The fourth-order valence-electron chi connectivity index (χ4n) is 3.55. The minimum atomic E-state index is -0.217. The lowest BCUT2D eigenvalue weighted by molar-refractivity contribution is 0.553. The van der Waals surface area contributed by atoms with E-state index in [1.54, 1.807) is 0 Å². The van der Waals surface area contributed by atoms with E-state index in [-0.39, 0.29) is 11.0 Å². The predicted molar refractivity (Wildman–Crippen MR) is 77.3 cm³/mol. The molecular formula is C15H15N5O. The molecule has 21 heavy (non-hydrogen) atoms. The molecule has 6 nitrogen and oxygen atoms in total. The van der Waals surface area contributed by atoms with Gasteiger partial charge in [-0.2, -0.15) is 0 Å². The normalized spacial score (nSPS) is 20.2. The molecule has 2 aliphatic carbocycles. The van der Waals surface area contributed by atoms with Gasteiger partial charge in [-0.15, -0.1) is 10.2 Å². The number of pyridine rings is 1. The molecule has 3 aromatic heterocycles. The summed E-state index contributed by atoms with van der Waals surface area (Å²) in [5.74, 6) is 1.68. The van der Waals surface area contributed by atoms with Gasteiger partial charge in [-0.25, -0.2) is 4.98 Å². The number of aromatic nitrogens is 5. The molecule has 0 bridgehead atoms. The monoisotopic (exact) mass is 281 g/mol. The quantitative estimate of drug-likeness (QED) is 0.776. The molecule has 3 aromatic rings. The number of nitrogens with zero attached hydrogens (tertiary/aromatic N) is 4. The largest absolute Gasteiger partial charge is 0.302 e. The van der Waals surface area contributed by atoms with E-state index in [1.807, 2.05) is 23.5 Å². The molecule has 3 heterocycles. The van der Waals surface area contributed by atoms with Gasteiger partial charge >= 0.3 is 0 Å². The Hall–Kier alpha value is -2.24. The van der Waals surface area contributed by atoms with Crippen LogP contribution in [0.25, 0.3) is 16.8 Å². The first-order valence-electron chi connectivity index (χ1n) is 7.44. The van der Waals surface area contributed by atoms with Crippen LogP contribution >= 0.6 is 0 Å². The SMILES string of the molecule is Cc1ccc2c(n1)[nH]c(=O)c1nnc(C3(C4CC4)CC3)n12. The van der Waals surface area contributed by atoms with E-state index in [1.165, 1.54) is 12.8 Å². The summed E-state index contributed by atoms with van der Waals surface area (Å²) in [7, 11) is 0. The zero-order valence-corrected chi connectivity index (χ0v) is 11.8. The molecule has 0 spiro atoms. The second kappa shape index (κ2) is 3.50. The Morgan fingerprint density at radius 3 is 2.81 bits per heavy atom. The Bertz CT molecular complexity index is 946. The maximum absolute atomic E-state index is 12.2. The summed E-state index contributed by atoms with van der Waals surface area (Å²) in [6.45, 7) is 1.92. The van der Waals surface area contributed by atoms with Crippen LogP contribution in [0.5, 0.6) is 0 Å². The molecule has 0 atom stereocenters. The number of H-pyrrole nitrogens is 1. The summed E-state index contributed by atoms with van der Waals surface area (Å²) >= 11 is 0.